The first kappa shape index (κ1) is 31.5. The van der Waals surface area contributed by atoms with Crippen molar-refractivity contribution in [2.75, 3.05) is 12.3 Å². The monoisotopic (exact) mass is 621 g/mol. The van der Waals surface area contributed by atoms with Crippen molar-refractivity contribution >= 4 is 40.0 Å². The Balaban J connectivity index is 1.49. The lowest BCUT2D eigenvalue weighted by Gasteiger charge is -2.62. The minimum absolute atomic E-state index is 0.0174. The van der Waals surface area contributed by atoms with Gasteiger partial charge >= 0.3 is 0 Å². The van der Waals surface area contributed by atoms with Crippen LogP contribution < -0.4 is 0 Å². The van der Waals surface area contributed by atoms with Gasteiger partial charge in [0.05, 0.1) is 11.9 Å². The minimum atomic E-state index is -2.25. The quantitative estimate of drug-likeness (QED) is 0.347. The highest BCUT2D eigenvalue weighted by Gasteiger charge is 2.73. The van der Waals surface area contributed by atoms with Crippen LogP contribution in [0.4, 0.5) is 8.78 Å². The van der Waals surface area contributed by atoms with Crippen molar-refractivity contribution in [2.24, 2.45) is 34.5 Å². The first-order valence-corrected chi connectivity index (χ1v) is 15.9. The molecule has 1 aromatic carbocycles. The fourth-order valence-electron chi connectivity index (χ4n) is 8.51. The molecule has 42 heavy (non-hydrogen) atoms. The summed E-state index contributed by atoms with van der Waals surface area (Å²) >= 11 is 6.93. The molecule has 0 aliphatic heterocycles. The highest BCUT2D eigenvalue weighted by Crippen LogP contribution is 2.70. The van der Waals surface area contributed by atoms with Crippen LogP contribution in [0.25, 0.3) is 0 Å². The van der Waals surface area contributed by atoms with E-state index in [2.05, 4.69) is 0 Å². The predicted molar refractivity (Wildman–Crippen MR) is 157 cm³/mol. The fourth-order valence-corrected chi connectivity index (χ4v) is 9.78. The molecule has 5 rings (SSSR count). The maximum absolute atomic E-state index is 17.6. The number of carbonyl (C=O) groups is 3. The van der Waals surface area contributed by atoms with Gasteiger partial charge < -0.3 is 10.3 Å². The van der Waals surface area contributed by atoms with E-state index in [1.165, 1.54) is 12.2 Å². The largest absolute Gasteiger partial charge is 0.390 e. The number of ketones is 2. The molecule has 0 heterocycles. The zero-order valence-corrected chi connectivity index (χ0v) is 25.6. The highest BCUT2D eigenvalue weighted by molar-refractivity contribution is 8.14. The van der Waals surface area contributed by atoms with Gasteiger partial charge in [0, 0.05) is 41.8 Å². The zero-order chi connectivity index (χ0) is 30.6. The number of alkyl halides is 2. The molecule has 3 fully saturated rings. The zero-order valence-electron chi connectivity index (χ0n) is 24.1. The van der Waals surface area contributed by atoms with Crippen LogP contribution >= 0.6 is 23.4 Å². The Morgan fingerprint density at radius 1 is 1.17 bits per heavy atom. The van der Waals surface area contributed by atoms with Crippen LogP contribution in [0.15, 0.2) is 48.1 Å². The van der Waals surface area contributed by atoms with E-state index in [-0.39, 0.29) is 48.2 Å². The third kappa shape index (κ3) is 5.13. The van der Waals surface area contributed by atoms with Crippen molar-refractivity contribution in [2.45, 2.75) is 70.9 Å². The Morgan fingerprint density at radius 3 is 2.52 bits per heavy atom. The summed E-state index contributed by atoms with van der Waals surface area (Å²) in [4.78, 5) is 38.0. The number of allylic oxidation sites excluding steroid dienone is 4. The van der Waals surface area contributed by atoms with Gasteiger partial charge in [-0.05, 0) is 78.9 Å². The number of Topliss-reactive ketones (excluding diaryl/α,β-unsaturated/α-hetero) is 1. The number of aliphatic hydroxyl groups excluding tert-OH is 1. The van der Waals surface area contributed by atoms with Gasteiger partial charge in [0.15, 0.2) is 16.6 Å². The third-order valence-electron chi connectivity index (χ3n) is 10.5. The maximum atomic E-state index is 17.6. The van der Waals surface area contributed by atoms with Crippen molar-refractivity contribution in [3.8, 4) is 0 Å². The van der Waals surface area contributed by atoms with Crippen LogP contribution in [0.1, 0.15) is 52.0 Å². The van der Waals surface area contributed by atoms with E-state index >= 15 is 8.78 Å². The molecule has 1 aromatic rings. The van der Waals surface area contributed by atoms with E-state index in [0.29, 0.717) is 17.9 Å². The van der Waals surface area contributed by atoms with Gasteiger partial charge in [-0.25, -0.2) is 8.78 Å². The number of hydrogen-bond donors (Lipinski definition) is 2. The van der Waals surface area contributed by atoms with E-state index in [1.54, 1.807) is 38.1 Å². The highest BCUT2D eigenvalue weighted by atomic mass is 35.5. The number of rotatable bonds is 8. The molecule has 0 saturated heterocycles. The molecule has 4 aliphatic rings. The number of carbonyl (C=O) groups excluding carboxylic acids is 3. The normalized spacial score (nSPS) is 39.0. The average molecular weight is 622 g/mol. The van der Waals surface area contributed by atoms with Crippen molar-refractivity contribution in [3.63, 3.8) is 0 Å². The van der Waals surface area contributed by atoms with E-state index in [0.717, 1.165) is 28.5 Å². The standard InChI is InChI=1S/C32H38ClF2NO5S/c1-4-21(37)17-42-29(40)28-19(16-36(41)15-18-5-7-20(33)8-6-18)11-23-24-13-26(34)25-12-22(38)9-10-31(25,3)32(24,35)27(39)14-30(23,28)2/h5-10,12,19,23-24,26-28,39,41H,4,11,13-17H2,1-3H3/t19-,23?,24-,26-,27-,28+,30?,31-,32-/m0/s1. The number of thioether (sulfide) groups is 1. The van der Waals surface area contributed by atoms with Gasteiger partial charge in [0.25, 0.3) is 0 Å². The molecule has 10 heteroatoms. The molecule has 228 valence electrons. The molecule has 0 radical (unpaired) electrons. The van der Waals surface area contributed by atoms with Crippen LogP contribution in [-0.4, -0.2) is 62.3 Å². The van der Waals surface area contributed by atoms with Crippen LogP contribution in [0, 0.1) is 34.5 Å². The molecular formula is C32H38ClF2NO5S. The van der Waals surface area contributed by atoms with Gasteiger partial charge in [-0.3, -0.25) is 14.4 Å². The lowest BCUT2D eigenvalue weighted by Crippen LogP contribution is -2.68. The summed E-state index contributed by atoms with van der Waals surface area (Å²) in [6, 6.07) is 7.03. The first-order valence-electron chi connectivity index (χ1n) is 14.6. The maximum Gasteiger partial charge on any atom is 0.193 e. The second kappa shape index (κ2) is 11.5. The molecule has 9 atom stereocenters. The van der Waals surface area contributed by atoms with Gasteiger partial charge in [-0.1, -0.05) is 55.4 Å². The predicted octanol–water partition coefficient (Wildman–Crippen LogP) is 5.93. The van der Waals surface area contributed by atoms with E-state index in [4.69, 9.17) is 11.6 Å². The van der Waals surface area contributed by atoms with Gasteiger partial charge in [-0.15, -0.1) is 0 Å². The number of benzene rings is 1. The molecule has 4 aliphatic carbocycles. The summed E-state index contributed by atoms with van der Waals surface area (Å²) in [7, 11) is 0. The Morgan fingerprint density at radius 2 is 1.86 bits per heavy atom. The molecule has 3 saturated carbocycles. The number of aliphatic hydroxyl groups is 1. The van der Waals surface area contributed by atoms with Crippen molar-refractivity contribution in [3.05, 3.63) is 58.7 Å². The van der Waals surface area contributed by atoms with Gasteiger partial charge in [-0.2, -0.15) is 5.06 Å². The minimum Gasteiger partial charge on any atom is -0.390 e. The first-order chi connectivity index (χ1) is 19.7. The Kier molecular flexibility index (Phi) is 8.66. The Hall–Kier alpha value is -1.91. The average Bonchev–Trinajstić information content (AvgIpc) is 3.22. The fraction of sp³-hybridized carbons (Fsp3) is 0.594. The summed E-state index contributed by atoms with van der Waals surface area (Å²) in [5.41, 5.74) is -3.79. The Labute approximate surface area is 254 Å². The molecule has 6 nitrogen and oxygen atoms in total. The summed E-state index contributed by atoms with van der Waals surface area (Å²) < 4.78 is 33.4. The second-order valence-electron chi connectivity index (χ2n) is 12.9. The van der Waals surface area contributed by atoms with Crippen molar-refractivity contribution < 1.29 is 33.5 Å². The smallest absolute Gasteiger partial charge is 0.193 e. The summed E-state index contributed by atoms with van der Waals surface area (Å²) in [5.74, 6) is -2.97. The molecule has 0 spiro atoms. The molecule has 0 aromatic heterocycles. The number of hydroxylamine groups is 2. The number of hydrogen-bond acceptors (Lipinski definition) is 7. The lowest BCUT2D eigenvalue weighted by atomic mass is 9.45. The lowest BCUT2D eigenvalue weighted by molar-refractivity contribution is -0.201. The number of nitrogens with zero attached hydrogens (tertiary/aromatic N) is 1. The van der Waals surface area contributed by atoms with Crippen LogP contribution in [-0.2, 0) is 20.9 Å². The molecule has 0 amide bonds. The number of halogens is 3. The van der Waals surface area contributed by atoms with Gasteiger partial charge in [0.2, 0.25) is 0 Å². The van der Waals surface area contributed by atoms with Crippen LogP contribution in [0.3, 0.4) is 0 Å². The van der Waals surface area contributed by atoms with Gasteiger partial charge in [0.1, 0.15) is 12.0 Å². The Bertz CT molecular complexity index is 1320. The van der Waals surface area contributed by atoms with E-state index < -0.39 is 58.2 Å². The third-order valence-corrected chi connectivity index (χ3v) is 11.8. The number of fused-ring (bicyclic) bond motifs is 5. The molecule has 2 N–H and O–H groups in total. The van der Waals surface area contributed by atoms with E-state index in [1.807, 2.05) is 6.92 Å². The molecule has 2 unspecified atom stereocenters. The van der Waals surface area contributed by atoms with E-state index in [9.17, 15) is 24.7 Å². The summed E-state index contributed by atoms with van der Waals surface area (Å²) in [6.45, 7) is 5.43. The van der Waals surface area contributed by atoms with Crippen molar-refractivity contribution in [1.29, 1.82) is 0 Å². The second-order valence-corrected chi connectivity index (χ2v) is 14.3. The van der Waals surface area contributed by atoms with Crippen LogP contribution in [0.5, 0.6) is 0 Å². The molecule has 0 bridgehead atoms. The SMILES string of the molecule is CCC(=O)CSC(=O)[C@H]1[C@H](CN(O)Cc2ccc(Cl)cc2)CC2[C@@H]3C[C@H](F)C4=CC(=O)C=C[C@]4(C)[C@@]3(F)[C@@H](O)CC21C. The molecular weight excluding hydrogens is 584 g/mol. The summed E-state index contributed by atoms with van der Waals surface area (Å²) in [6.07, 6.45) is 1.12. The van der Waals surface area contributed by atoms with Crippen LogP contribution in [0.2, 0.25) is 5.02 Å². The topological polar surface area (TPSA) is 94.9 Å². The summed E-state index contributed by atoms with van der Waals surface area (Å²) in [5, 5.41) is 24.1. The van der Waals surface area contributed by atoms with Crippen molar-refractivity contribution in [1.82, 2.24) is 5.06 Å².